The summed E-state index contributed by atoms with van der Waals surface area (Å²) in [6.45, 7) is 5.95. The lowest BCUT2D eigenvalue weighted by atomic mass is 10.1. The number of halogens is 1. The van der Waals surface area contributed by atoms with Crippen LogP contribution >= 0.6 is 11.6 Å². The molecule has 0 radical (unpaired) electrons. The number of hydrogen-bond donors (Lipinski definition) is 1. The van der Waals surface area contributed by atoms with Crippen molar-refractivity contribution in [1.29, 1.82) is 0 Å². The van der Waals surface area contributed by atoms with Gasteiger partial charge >= 0.3 is 0 Å². The molecule has 0 fully saturated rings. The van der Waals surface area contributed by atoms with Gasteiger partial charge in [0.2, 0.25) is 21.8 Å². The normalized spacial score (nSPS) is 12.5. The molecule has 2 aromatic carbocycles. The van der Waals surface area contributed by atoms with Crippen molar-refractivity contribution in [2.24, 2.45) is 5.92 Å². The number of nitrogens with one attached hydrogen (secondary N) is 1. The largest absolute Gasteiger partial charge is 0.497 e. The Bertz CT molecular complexity index is 1110. The Kier molecular flexibility index (Phi) is 10.5. The number of ether oxygens (including phenoxy) is 1. The molecule has 1 N–H and O–H groups in total. The monoisotopic (exact) mass is 523 g/mol. The van der Waals surface area contributed by atoms with E-state index in [2.05, 4.69) is 5.32 Å². The summed E-state index contributed by atoms with van der Waals surface area (Å²) in [7, 11) is -1.05. The highest BCUT2D eigenvalue weighted by molar-refractivity contribution is 7.89. The van der Waals surface area contributed by atoms with Crippen molar-refractivity contribution >= 4 is 33.4 Å². The minimum atomic E-state index is -3.94. The van der Waals surface area contributed by atoms with Crippen molar-refractivity contribution < 1.29 is 22.7 Å². The van der Waals surface area contributed by atoms with Crippen LogP contribution in [0.5, 0.6) is 5.75 Å². The fourth-order valence-electron chi connectivity index (χ4n) is 3.46. The molecule has 0 aliphatic heterocycles. The number of hydrogen-bond acceptors (Lipinski definition) is 5. The van der Waals surface area contributed by atoms with Gasteiger partial charge in [0, 0.05) is 25.2 Å². The number of nitrogens with zero attached hydrogens (tertiary/aromatic N) is 2. The van der Waals surface area contributed by atoms with E-state index in [9.17, 15) is 18.0 Å². The quantitative estimate of drug-likeness (QED) is 0.459. The smallest absolute Gasteiger partial charge is 0.243 e. The second kappa shape index (κ2) is 12.9. The van der Waals surface area contributed by atoms with Crippen LogP contribution in [0.2, 0.25) is 5.02 Å². The van der Waals surface area contributed by atoms with Crippen molar-refractivity contribution in [3.8, 4) is 5.75 Å². The fourth-order valence-corrected chi connectivity index (χ4v) is 4.71. The predicted octanol–water partition coefficient (Wildman–Crippen LogP) is 3.55. The van der Waals surface area contributed by atoms with Crippen LogP contribution in [0.1, 0.15) is 32.8 Å². The Labute approximate surface area is 213 Å². The van der Waals surface area contributed by atoms with E-state index in [1.807, 2.05) is 26.8 Å². The second-order valence-electron chi connectivity index (χ2n) is 8.65. The third-order valence-electron chi connectivity index (χ3n) is 5.44. The first-order chi connectivity index (χ1) is 16.5. The highest BCUT2D eigenvalue weighted by Gasteiger charge is 2.31. The summed E-state index contributed by atoms with van der Waals surface area (Å²) in [5.41, 5.74) is 0.760. The number of carbonyl (C=O) groups is 2. The molecule has 8 nitrogen and oxygen atoms in total. The lowest BCUT2D eigenvalue weighted by Crippen LogP contribution is -2.52. The second-order valence-corrected chi connectivity index (χ2v) is 11.1. The van der Waals surface area contributed by atoms with Crippen LogP contribution < -0.4 is 10.1 Å². The molecule has 0 aliphatic carbocycles. The lowest BCUT2D eigenvalue weighted by molar-refractivity contribution is -0.141. The summed E-state index contributed by atoms with van der Waals surface area (Å²) < 4.78 is 32.3. The Morgan fingerprint density at radius 1 is 1.11 bits per heavy atom. The molecule has 192 valence electrons. The summed E-state index contributed by atoms with van der Waals surface area (Å²) in [6, 6.07) is 12.2. The van der Waals surface area contributed by atoms with Gasteiger partial charge in [-0.15, -0.1) is 0 Å². The van der Waals surface area contributed by atoms with E-state index in [1.54, 1.807) is 25.3 Å². The van der Waals surface area contributed by atoms with Gasteiger partial charge in [-0.05, 0) is 54.3 Å². The van der Waals surface area contributed by atoms with E-state index in [0.717, 1.165) is 9.87 Å². The molecule has 0 aromatic heterocycles. The van der Waals surface area contributed by atoms with Gasteiger partial charge in [0.25, 0.3) is 0 Å². The molecule has 0 aliphatic rings. The van der Waals surface area contributed by atoms with E-state index in [-0.39, 0.29) is 23.3 Å². The summed E-state index contributed by atoms with van der Waals surface area (Å²) in [5, 5.41) is 3.30. The van der Waals surface area contributed by atoms with Crippen molar-refractivity contribution in [3.63, 3.8) is 0 Å². The molecule has 2 amide bonds. The van der Waals surface area contributed by atoms with Crippen LogP contribution in [0, 0.1) is 5.92 Å². The highest BCUT2D eigenvalue weighted by atomic mass is 35.5. The fraction of sp³-hybridized carbons (Fsp3) is 0.440. The Morgan fingerprint density at radius 3 is 2.34 bits per heavy atom. The first kappa shape index (κ1) is 28.6. The number of sulfonamides is 1. The molecule has 0 saturated carbocycles. The highest BCUT2D eigenvalue weighted by Crippen LogP contribution is 2.20. The number of likely N-dealkylation sites (N-methyl/N-ethyl adjacent to an activating group) is 1. The van der Waals surface area contributed by atoms with Gasteiger partial charge in [-0.3, -0.25) is 9.59 Å². The molecule has 0 saturated heterocycles. The summed E-state index contributed by atoms with van der Waals surface area (Å²) in [6.07, 6.45) is 0.368. The lowest BCUT2D eigenvalue weighted by Gasteiger charge is -2.32. The molecular weight excluding hydrogens is 490 g/mol. The van der Waals surface area contributed by atoms with Gasteiger partial charge in [-0.25, -0.2) is 8.42 Å². The molecule has 0 spiro atoms. The number of carbonyl (C=O) groups excluding carboxylic acids is 2. The molecule has 1 atom stereocenters. The summed E-state index contributed by atoms with van der Waals surface area (Å²) >= 11 is 5.88. The molecule has 0 bridgehead atoms. The number of methoxy groups -OCH3 is 1. The standard InChI is InChI=1S/C25H34ClN3O5S/c1-6-23(25(31)27-15-18(2)3)29(16-19-8-7-9-21(14-19)34-5)24(30)17-28(4)35(32,33)22-12-10-20(26)11-13-22/h7-14,18,23H,6,15-17H2,1-5H3,(H,27,31)/t23-/m0/s1. The Hall–Kier alpha value is -2.62. The zero-order valence-electron chi connectivity index (χ0n) is 20.8. The average molecular weight is 524 g/mol. The molecular formula is C25H34ClN3O5S. The third kappa shape index (κ3) is 7.95. The van der Waals surface area contributed by atoms with Gasteiger partial charge in [0.1, 0.15) is 11.8 Å². The first-order valence-corrected chi connectivity index (χ1v) is 13.2. The van der Waals surface area contributed by atoms with Crippen LogP contribution in [-0.2, 0) is 26.2 Å². The van der Waals surface area contributed by atoms with Crippen LogP contribution in [0.4, 0.5) is 0 Å². The number of benzene rings is 2. The summed E-state index contributed by atoms with van der Waals surface area (Å²) in [4.78, 5) is 27.9. The van der Waals surface area contributed by atoms with Crippen molar-refractivity contribution in [2.45, 2.75) is 44.7 Å². The molecule has 0 unspecified atom stereocenters. The maximum atomic E-state index is 13.5. The molecule has 2 rings (SSSR count). The zero-order chi connectivity index (χ0) is 26.2. The molecule has 0 heterocycles. The van der Waals surface area contributed by atoms with Crippen molar-refractivity contribution in [3.05, 3.63) is 59.1 Å². The topological polar surface area (TPSA) is 96.0 Å². The maximum Gasteiger partial charge on any atom is 0.243 e. The predicted molar refractivity (Wildman–Crippen MR) is 137 cm³/mol. The molecule has 35 heavy (non-hydrogen) atoms. The SMILES string of the molecule is CC[C@@H](C(=O)NCC(C)C)N(Cc1cccc(OC)c1)C(=O)CN(C)S(=O)(=O)c1ccc(Cl)cc1. The van der Waals surface area contributed by atoms with Crippen molar-refractivity contribution in [2.75, 3.05) is 27.2 Å². The summed E-state index contributed by atoms with van der Waals surface area (Å²) in [5.74, 6) is 0.101. The van der Waals surface area contributed by atoms with Crippen LogP contribution in [-0.4, -0.2) is 62.7 Å². The number of rotatable bonds is 12. The average Bonchev–Trinajstić information content (AvgIpc) is 2.82. The van der Waals surface area contributed by atoms with Gasteiger partial charge in [-0.1, -0.05) is 44.5 Å². The van der Waals surface area contributed by atoms with Gasteiger partial charge in [0.15, 0.2) is 0 Å². The third-order valence-corrected chi connectivity index (χ3v) is 7.51. The molecule has 2 aromatic rings. The van der Waals surface area contributed by atoms with E-state index < -0.39 is 28.5 Å². The minimum Gasteiger partial charge on any atom is -0.497 e. The van der Waals surface area contributed by atoms with Gasteiger partial charge in [-0.2, -0.15) is 4.31 Å². The number of amides is 2. The maximum absolute atomic E-state index is 13.5. The Balaban J connectivity index is 2.33. The minimum absolute atomic E-state index is 0.0262. The van der Waals surface area contributed by atoms with E-state index >= 15 is 0 Å². The van der Waals surface area contributed by atoms with Crippen LogP contribution in [0.15, 0.2) is 53.4 Å². The Morgan fingerprint density at radius 2 is 1.77 bits per heavy atom. The van der Waals surface area contributed by atoms with E-state index in [4.69, 9.17) is 16.3 Å². The van der Waals surface area contributed by atoms with Crippen LogP contribution in [0.25, 0.3) is 0 Å². The first-order valence-electron chi connectivity index (χ1n) is 11.4. The van der Waals surface area contributed by atoms with Crippen molar-refractivity contribution in [1.82, 2.24) is 14.5 Å². The molecule has 10 heteroatoms. The van der Waals surface area contributed by atoms with Crippen LogP contribution in [0.3, 0.4) is 0 Å². The van der Waals surface area contributed by atoms with E-state index in [0.29, 0.717) is 23.7 Å². The van der Waals surface area contributed by atoms with Gasteiger partial charge < -0.3 is 15.0 Å². The zero-order valence-corrected chi connectivity index (χ0v) is 22.4. The van der Waals surface area contributed by atoms with Gasteiger partial charge in [0.05, 0.1) is 18.6 Å². The van der Waals surface area contributed by atoms with E-state index in [1.165, 1.54) is 36.2 Å².